The molecule has 0 bridgehead atoms. The first-order valence-electron chi connectivity index (χ1n) is 7.51. The molecule has 1 saturated carbocycles. The fourth-order valence-electron chi connectivity index (χ4n) is 3.37. The van der Waals surface area contributed by atoms with Gasteiger partial charge in [0.15, 0.2) is 0 Å². The van der Waals surface area contributed by atoms with Crippen molar-refractivity contribution in [2.24, 2.45) is 5.84 Å². The van der Waals surface area contributed by atoms with Crippen LogP contribution in [-0.4, -0.2) is 25.3 Å². The maximum absolute atomic E-state index is 13.1. The average Bonchev–Trinajstić information content (AvgIpc) is 2.91. The second-order valence-corrected chi connectivity index (χ2v) is 7.56. The van der Waals surface area contributed by atoms with Gasteiger partial charge in [0.25, 0.3) is 0 Å². The van der Waals surface area contributed by atoms with Crippen molar-refractivity contribution < 1.29 is 8.42 Å². The van der Waals surface area contributed by atoms with E-state index in [1.165, 1.54) is 0 Å². The third-order valence-corrected chi connectivity index (χ3v) is 6.57. The smallest absolute Gasteiger partial charge is 0.243 e. The first-order valence-corrected chi connectivity index (χ1v) is 8.95. The minimum atomic E-state index is -3.46. The fraction of sp³-hybridized carbons (Fsp3) is 0.600. The fourth-order valence-corrected chi connectivity index (χ4v) is 5.48. The van der Waals surface area contributed by atoms with Gasteiger partial charge < -0.3 is 5.43 Å². The van der Waals surface area contributed by atoms with Crippen LogP contribution in [0, 0.1) is 13.8 Å². The first kappa shape index (κ1) is 16.3. The minimum absolute atomic E-state index is 0.145. The number of aryl methyl sites for hydroxylation is 2. The van der Waals surface area contributed by atoms with Crippen molar-refractivity contribution in [2.45, 2.75) is 57.4 Å². The maximum atomic E-state index is 13.1. The lowest BCUT2D eigenvalue weighted by Gasteiger charge is -2.28. The number of hydrazine groups is 1. The maximum Gasteiger partial charge on any atom is 0.243 e. The lowest BCUT2D eigenvalue weighted by atomic mass is 10.1. The first-order chi connectivity index (χ1) is 9.91. The number of nitrogens with one attached hydrogen (secondary N) is 1. The quantitative estimate of drug-likeness (QED) is 0.647. The van der Waals surface area contributed by atoms with E-state index in [-0.39, 0.29) is 6.04 Å². The van der Waals surface area contributed by atoms with Gasteiger partial charge >= 0.3 is 0 Å². The molecule has 21 heavy (non-hydrogen) atoms. The van der Waals surface area contributed by atoms with E-state index in [0.29, 0.717) is 11.4 Å². The van der Waals surface area contributed by atoms with Crippen LogP contribution in [0.2, 0.25) is 0 Å². The lowest BCUT2D eigenvalue weighted by Crippen LogP contribution is -2.39. The van der Waals surface area contributed by atoms with Gasteiger partial charge in [-0.05, 0) is 49.9 Å². The van der Waals surface area contributed by atoms with Crippen molar-refractivity contribution in [1.29, 1.82) is 0 Å². The van der Waals surface area contributed by atoms with Gasteiger partial charge in [-0.1, -0.05) is 19.8 Å². The Balaban J connectivity index is 2.47. The highest BCUT2D eigenvalue weighted by Crippen LogP contribution is 2.32. The number of benzene rings is 1. The van der Waals surface area contributed by atoms with Gasteiger partial charge in [-0.2, -0.15) is 4.31 Å². The average molecular weight is 311 g/mol. The molecule has 0 unspecified atom stereocenters. The van der Waals surface area contributed by atoms with Gasteiger partial charge in [-0.15, -0.1) is 0 Å². The van der Waals surface area contributed by atoms with E-state index in [1.54, 1.807) is 16.4 Å². The molecule has 1 aliphatic rings. The van der Waals surface area contributed by atoms with Gasteiger partial charge in [0, 0.05) is 18.3 Å². The van der Waals surface area contributed by atoms with Crippen LogP contribution in [0.15, 0.2) is 17.0 Å². The Kier molecular flexibility index (Phi) is 4.91. The van der Waals surface area contributed by atoms with Crippen LogP contribution in [0.4, 0.5) is 5.69 Å². The zero-order chi connectivity index (χ0) is 15.6. The van der Waals surface area contributed by atoms with E-state index < -0.39 is 10.0 Å². The summed E-state index contributed by atoms with van der Waals surface area (Å²) in [4.78, 5) is 0.426. The second-order valence-electron chi connectivity index (χ2n) is 5.73. The SMILES string of the molecule is CCN(C1CCCC1)S(=O)(=O)c1c(C)cc(NN)cc1C. The van der Waals surface area contributed by atoms with Crippen molar-refractivity contribution in [3.63, 3.8) is 0 Å². The van der Waals surface area contributed by atoms with E-state index in [4.69, 9.17) is 5.84 Å². The van der Waals surface area contributed by atoms with Gasteiger partial charge in [0.1, 0.15) is 0 Å². The van der Waals surface area contributed by atoms with Crippen molar-refractivity contribution in [3.05, 3.63) is 23.3 Å². The number of rotatable bonds is 5. The molecular formula is C15H25N3O2S. The molecular weight excluding hydrogens is 286 g/mol. The molecule has 118 valence electrons. The summed E-state index contributed by atoms with van der Waals surface area (Å²) in [7, 11) is -3.46. The van der Waals surface area contributed by atoms with Crippen LogP contribution in [0.5, 0.6) is 0 Å². The zero-order valence-electron chi connectivity index (χ0n) is 13.0. The minimum Gasteiger partial charge on any atom is -0.324 e. The summed E-state index contributed by atoms with van der Waals surface area (Å²) in [6.07, 6.45) is 4.16. The van der Waals surface area contributed by atoms with Crippen LogP contribution in [0.3, 0.4) is 0 Å². The third kappa shape index (κ3) is 3.07. The Hall–Kier alpha value is -1.11. The summed E-state index contributed by atoms with van der Waals surface area (Å²) in [5, 5.41) is 0. The Morgan fingerprint density at radius 2 is 1.76 bits per heavy atom. The molecule has 5 nitrogen and oxygen atoms in total. The van der Waals surface area contributed by atoms with Crippen LogP contribution in [0.1, 0.15) is 43.7 Å². The van der Waals surface area contributed by atoms with E-state index in [0.717, 1.165) is 42.5 Å². The van der Waals surface area contributed by atoms with Crippen molar-refractivity contribution in [3.8, 4) is 0 Å². The van der Waals surface area contributed by atoms with E-state index in [2.05, 4.69) is 5.43 Å². The Morgan fingerprint density at radius 3 is 2.19 bits per heavy atom. The van der Waals surface area contributed by atoms with Gasteiger partial charge in [0.2, 0.25) is 10.0 Å². The number of nitrogens with zero attached hydrogens (tertiary/aromatic N) is 1. The number of nitrogen functional groups attached to an aromatic ring is 1. The summed E-state index contributed by atoms with van der Waals surface area (Å²) in [6.45, 7) is 6.07. The molecule has 0 atom stereocenters. The number of hydrogen-bond acceptors (Lipinski definition) is 4. The number of sulfonamides is 1. The number of nitrogens with two attached hydrogens (primary N) is 1. The standard InChI is InChI=1S/C15H25N3O2S/c1-4-18(14-7-5-6-8-14)21(19,20)15-11(2)9-13(17-16)10-12(15)3/h9-10,14,17H,4-8,16H2,1-3H3. The highest BCUT2D eigenvalue weighted by molar-refractivity contribution is 7.89. The summed E-state index contributed by atoms with van der Waals surface area (Å²) in [6, 6.07) is 3.70. The summed E-state index contributed by atoms with van der Waals surface area (Å²) < 4.78 is 27.8. The Morgan fingerprint density at radius 1 is 1.24 bits per heavy atom. The molecule has 1 aromatic carbocycles. The van der Waals surface area contributed by atoms with Crippen LogP contribution >= 0.6 is 0 Å². The summed E-state index contributed by atoms with van der Waals surface area (Å²) in [5.41, 5.74) is 4.78. The van der Waals surface area contributed by atoms with Gasteiger partial charge in [0.05, 0.1) is 4.90 Å². The van der Waals surface area contributed by atoms with E-state index in [1.807, 2.05) is 20.8 Å². The molecule has 6 heteroatoms. The third-order valence-electron chi connectivity index (χ3n) is 4.24. The van der Waals surface area contributed by atoms with Gasteiger partial charge in [-0.3, -0.25) is 5.84 Å². The molecule has 0 saturated heterocycles. The summed E-state index contributed by atoms with van der Waals surface area (Å²) in [5.74, 6) is 5.42. The molecule has 0 heterocycles. The monoisotopic (exact) mass is 311 g/mol. The lowest BCUT2D eigenvalue weighted by molar-refractivity contribution is 0.335. The second kappa shape index (κ2) is 6.34. The molecule has 1 aliphatic carbocycles. The van der Waals surface area contributed by atoms with E-state index in [9.17, 15) is 8.42 Å². The highest BCUT2D eigenvalue weighted by Gasteiger charge is 2.33. The molecule has 0 radical (unpaired) electrons. The van der Waals surface area contributed by atoms with Crippen molar-refractivity contribution >= 4 is 15.7 Å². The highest BCUT2D eigenvalue weighted by atomic mass is 32.2. The molecule has 1 fully saturated rings. The van der Waals surface area contributed by atoms with Crippen molar-refractivity contribution in [1.82, 2.24) is 4.31 Å². The van der Waals surface area contributed by atoms with Crippen LogP contribution in [0.25, 0.3) is 0 Å². The summed E-state index contributed by atoms with van der Waals surface area (Å²) >= 11 is 0. The van der Waals surface area contributed by atoms with Crippen LogP contribution < -0.4 is 11.3 Å². The largest absolute Gasteiger partial charge is 0.324 e. The number of anilines is 1. The number of hydrogen-bond donors (Lipinski definition) is 2. The van der Waals surface area contributed by atoms with E-state index >= 15 is 0 Å². The zero-order valence-corrected chi connectivity index (χ0v) is 13.8. The molecule has 2 rings (SSSR count). The van der Waals surface area contributed by atoms with Gasteiger partial charge in [-0.25, -0.2) is 8.42 Å². The molecule has 0 amide bonds. The molecule has 0 aromatic heterocycles. The molecule has 0 spiro atoms. The van der Waals surface area contributed by atoms with Crippen molar-refractivity contribution in [2.75, 3.05) is 12.0 Å². The molecule has 0 aliphatic heterocycles. The van der Waals surface area contributed by atoms with Crippen LogP contribution in [-0.2, 0) is 10.0 Å². The molecule has 3 N–H and O–H groups in total. The topological polar surface area (TPSA) is 75.4 Å². The molecule has 1 aromatic rings. The predicted molar refractivity (Wildman–Crippen MR) is 85.5 cm³/mol. The Labute approximate surface area is 127 Å². The Bertz CT molecular complexity index is 584. The normalized spacial score (nSPS) is 16.6. The predicted octanol–water partition coefficient (Wildman–Crippen LogP) is 2.54.